The molecule has 1 aliphatic rings. The summed E-state index contributed by atoms with van der Waals surface area (Å²) in [5, 5.41) is 2.87. The maximum Gasteiger partial charge on any atom is 0.318 e. The van der Waals surface area contributed by atoms with E-state index in [9.17, 15) is 9.18 Å². The van der Waals surface area contributed by atoms with E-state index in [0.29, 0.717) is 26.3 Å². The summed E-state index contributed by atoms with van der Waals surface area (Å²) < 4.78 is 20.9. The average molecular weight is 346 g/mol. The van der Waals surface area contributed by atoms with E-state index in [0.717, 1.165) is 17.9 Å². The predicted molar refractivity (Wildman–Crippen MR) is 91.3 cm³/mol. The molecule has 1 unspecified atom stereocenters. The largest absolute Gasteiger partial charge is 0.381 e. The minimum absolute atomic E-state index is 0.179. The molecule has 2 amide bonds. The Hall–Kier alpha value is -2.41. The van der Waals surface area contributed by atoms with Gasteiger partial charge in [-0.1, -0.05) is 12.1 Å². The number of nitrogens with one attached hydrogen (secondary N) is 1. The summed E-state index contributed by atoms with van der Waals surface area (Å²) >= 11 is 0. The van der Waals surface area contributed by atoms with Crippen molar-refractivity contribution in [3.05, 3.63) is 53.9 Å². The van der Waals surface area contributed by atoms with Crippen molar-refractivity contribution in [2.24, 2.45) is 5.92 Å². The molecule has 0 radical (unpaired) electrons. The standard InChI is InChI=1S/C18H23FN4O2/c1-2-25-13-15-10-22-7-6-20-17(22)12-23(11-15)18(24)21-9-14-4-3-5-16(19)8-14/h3-8,15H,2,9-13H2,1H3,(H,21,24). The van der Waals surface area contributed by atoms with Gasteiger partial charge in [0.15, 0.2) is 0 Å². The molecule has 0 fully saturated rings. The van der Waals surface area contributed by atoms with Crippen molar-refractivity contribution < 1.29 is 13.9 Å². The minimum atomic E-state index is -0.305. The van der Waals surface area contributed by atoms with Crippen LogP contribution in [0.25, 0.3) is 0 Å². The molecule has 0 saturated heterocycles. The Morgan fingerprint density at radius 2 is 2.32 bits per heavy atom. The van der Waals surface area contributed by atoms with Gasteiger partial charge in [-0.3, -0.25) is 0 Å². The zero-order valence-electron chi connectivity index (χ0n) is 14.3. The number of halogens is 1. The van der Waals surface area contributed by atoms with Gasteiger partial charge in [0.05, 0.1) is 13.2 Å². The highest BCUT2D eigenvalue weighted by atomic mass is 19.1. The van der Waals surface area contributed by atoms with E-state index in [1.807, 2.05) is 13.1 Å². The SMILES string of the molecule is CCOCC1CN(C(=O)NCc2cccc(F)c2)Cc2nccn2C1. The monoisotopic (exact) mass is 346 g/mol. The molecule has 0 aliphatic carbocycles. The first-order chi connectivity index (χ1) is 12.2. The Labute approximate surface area is 146 Å². The van der Waals surface area contributed by atoms with E-state index in [-0.39, 0.29) is 24.3 Å². The molecule has 1 aromatic carbocycles. The Morgan fingerprint density at radius 1 is 1.44 bits per heavy atom. The Bertz CT molecular complexity index is 719. The average Bonchev–Trinajstić information content (AvgIpc) is 2.96. The fourth-order valence-electron chi connectivity index (χ4n) is 3.02. The van der Waals surface area contributed by atoms with Crippen LogP contribution >= 0.6 is 0 Å². The van der Waals surface area contributed by atoms with Gasteiger partial charge >= 0.3 is 6.03 Å². The number of amides is 2. The van der Waals surface area contributed by atoms with Crippen molar-refractivity contribution >= 4 is 6.03 Å². The highest BCUT2D eigenvalue weighted by molar-refractivity contribution is 5.74. The van der Waals surface area contributed by atoms with Crippen LogP contribution in [0.4, 0.5) is 9.18 Å². The van der Waals surface area contributed by atoms with Crippen molar-refractivity contribution in [2.45, 2.75) is 26.6 Å². The summed E-state index contributed by atoms with van der Waals surface area (Å²) in [6.07, 6.45) is 3.68. The number of aromatic nitrogens is 2. The Morgan fingerprint density at radius 3 is 3.12 bits per heavy atom. The second-order valence-corrected chi connectivity index (χ2v) is 6.19. The van der Waals surface area contributed by atoms with Crippen molar-refractivity contribution in [1.29, 1.82) is 0 Å². The number of imidazole rings is 1. The number of carbonyl (C=O) groups is 1. The summed E-state index contributed by atoms with van der Waals surface area (Å²) in [7, 11) is 0. The molecule has 1 aliphatic heterocycles. The van der Waals surface area contributed by atoms with Crippen LogP contribution in [-0.4, -0.2) is 40.2 Å². The lowest BCUT2D eigenvalue weighted by molar-refractivity contribution is 0.0913. The van der Waals surface area contributed by atoms with Crippen molar-refractivity contribution in [2.75, 3.05) is 19.8 Å². The van der Waals surface area contributed by atoms with Gasteiger partial charge in [0.2, 0.25) is 0 Å². The van der Waals surface area contributed by atoms with Crippen LogP contribution in [0.3, 0.4) is 0 Å². The van der Waals surface area contributed by atoms with Gasteiger partial charge in [0.1, 0.15) is 11.6 Å². The number of nitrogens with zero attached hydrogens (tertiary/aromatic N) is 3. The molecule has 134 valence electrons. The molecule has 0 bridgehead atoms. The summed E-state index contributed by atoms with van der Waals surface area (Å²) in [6, 6.07) is 6.06. The van der Waals surface area contributed by atoms with E-state index in [1.165, 1.54) is 12.1 Å². The fourth-order valence-corrected chi connectivity index (χ4v) is 3.02. The molecule has 7 heteroatoms. The van der Waals surface area contributed by atoms with Gasteiger partial charge in [-0.05, 0) is 24.6 Å². The number of hydrogen-bond acceptors (Lipinski definition) is 3. The third kappa shape index (κ3) is 4.57. The van der Waals surface area contributed by atoms with Gasteiger partial charge in [0.25, 0.3) is 0 Å². The molecule has 1 N–H and O–H groups in total. The molecule has 6 nitrogen and oxygen atoms in total. The van der Waals surface area contributed by atoms with Crippen molar-refractivity contribution in [3.63, 3.8) is 0 Å². The van der Waals surface area contributed by atoms with Crippen LogP contribution in [0.5, 0.6) is 0 Å². The van der Waals surface area contributed by atoms with E-state index in [2.05, 4.69) is 14.9 Å². The number of fused-ring (bicyclic) bond motifs is 1. The number of carbonyl (C=O) groups excluding carboxylic acids is 1. The van der Waals surface area contributed by atoms with Crippen LogP contribution < -0.4 is 5.32 Å². The molecule has 0 saturated carbocycles. The quantitative estimate of drug-likeness (QED) is 0.904. The van der Waals surface area contributed by atoms with Crippen molar-refractivity contribution in [1.82, 2.24) is 19.8 Å². The highest BCUT2D eigenvalue weighted by Crippen LogP contribution is 2.16. The van der Waals surface area contributed by atoms with Gasteiger partial charge in [-0.2, -0.15) is 0 Å². The molecular weight excluding hydrogens is 323 g/mol. The van der Waals surface area contributed by atoms with Crippen LogP contribution in [0, 0.1) is 11.7 Å². The zero-order chi connectivity index (χ0) is 17.6. The topological polar surface area (TPSA) is 59.4 Å². The third-order valence-electron chi connectivity index (χ3n) is 4.25. The number of hydrogen-bond donors (Lipinski definition) is 1. The van der Waals surface area contributed by atoms with Crippen molar-refractivity contribution in [3.8, 4) is 0 Å². The van der Waals surface area contributed by atoms with Gasteiger partial charge in [0, 0.05) is 44.6 Å². The number of urea groups is 1. The maximum absolute atomic E-state index is 13.3. The van der Waals surface area contributed by atoms with Crippen LogP contribution in [-0.2, 0) is 24.4 Å². The first-order valence-electron chi connectivity index (χ1n) is 8.50. The Kier molecular flexibility index (Phi) is 5.65. The normalized spacial score (nSPS) is 17.0. The number of rotatable bonds is 5. The molecule has 25 heavy (non-hydrogen) atoms. The lowest BCUT2D eigenvalue weighted by atomic mass is 10.1. The summed E-state index contributed by atoms with van der Waals surface area (Å²) in [4.78, 5) is 18.7. The smallest absolute Gasteiger partial charge is 0.318 e. The van der Waals surface area contributed by atoms with E-state index in [4.69, 9.17) is 4.74 Å². The highest BCUT2D eigenvalue weighted by Gasteiger charge is 2.25. The first-order valence-corrected chi connectivity index (χ1v) is 8.50. The lowest BCUT2D eigenvalue weighted by Crippen LogP contribution is -2.41. The molecule has 1 atom stereocenters. The molecular formula is C18H23FN4O2. The summed E-state index contributed by atoms with van der Waals surface area (Å²) in [5.74, 6) is 0.760. The molecule has 3 rings (SSSR count). The van der Waals surface area contributed by atoms with E-state index in [1.54, 1.807) is 23.2 Å². The Balaban J connectivity index is 1.65. The fraction of sp³-hybridized carbons (Fsp3) is 0.444. The van der Waals surface area contributed by atoms with Crippen LogP contribution in [0.2, 0.25) is 0 Å². The first kappa shape index (κ1) is 17.4. The van der Waals surface area contributed by atoms with E-state index < -0.39 is 0 Å². The lowest BCUT2D eigenvalue weighted by Gasteiger charge is -2.24. The molecule has 1 aromatic heterocycles. The molecule has 2 heterocycles. The van der Waals surface area contributed by atoms with Crippen LogP contribution in [0.1, 0.15) is 18.3 Å². The van der Waals surface area contributed by atoms with E-state index >= 15 is 0 Å². The molecule has 0 spiro atoms. The van der Waals surface area contributed by atoms with Gasteiger partial charge in [-0.15, -0.1) is 0 Å². The van der Waals surface area contributed by atoms with Crippen LogP contribution in [0.15, 0.2) is 36.7 Å². The maximum atomic E-state index is 13.3. The zero-order valence-corrected chi connectivity index (χ0v) is 14.3. The summed E-state index contributed by atoms with van der Waals surface area (Å²) in [6.45, 7) is 5.33. The molecule has 2 aromatic rings. The second kappa shape index (κ2) is 8.11. The minimum Gasteiger partial charge on any atom is -0.381 e. The number of benzene rings is 1. The van der Waals surface area contributed by atoms with Gasteiger partial charge < -0.3 is 19.5 Å². The van der Waals surface area contributed by atoms with Gasteiger partial charge in [-0.25, -0.2) is 14.2 Å². The second-order valence-electron chi connectivity index (χ2n) is 6.19. The summed E-state index contributed by atoms with van der Waals surface area (Å²) in [5.41, 5.74) is 0.732. The third-order valence-corrected chi connectivity index (χ3v) is 4.25. The predicted octanol–water partition coefficient (Wildman–Crippen LogP) is 2.40. The number of ether oxygens (including phenoxy) is 1.